The number of benzene rings is 1. The van der Waals surface area contributed by atoms with Gasteiger partial charge in [-0.3, -0.25) is 0 Å². The molecule has 0 amide bonds. The van der Waals surface area contributed by atoms with Crippen molar-refractivity contribution in [1.29, 1.82) is 0 Å². The third-order valence-electron chi connectivity index (χ3n) is 2.31. The smallest absolute Gasteiger partial charge is 0.142 e. The van der Waals surface area contributed by atoms with Crippen molar-refractivity contribution >= 4 is 11.6 Å². The highest BCUT2D eigenvalue weighted by Gasteiger charge is 2.08. The molecule has 90 valence electrons. The van der Waals surface area contributed by atoms with Gasteiger partial charge >= 0.3 is 0 Å². The molecule has 0 aliphatic carbocycles. The number of hydrogen-bond acceptors (Lipinski definition) is 4. The van der Waals surface area contributed by atoms with Crippen LogP contribution in [-0.2, 0) is 13.2 Å². The highest BCUT2D eigenvalue weighted by Crippen LogP contribution is 2.29. The van der Waals surface area contributed by atoms with E-state index in [-0.39, 0.29) is 0 Å². The highest BCUT2D eigenvalue weighted by molar-refractivity contribution is 6.32. The molecule has 0 atom stereocenters. The predicted octanol–water partition coefficient (Wildman–Crippen LogP) is 2.67. The number of ether oxygens (including phenoxy) is 1. The van der Waals surface area contributed by atoms with Crippen molar-refractivity contribution in [1.82, 2.24) is 5.16 Å². The predicted molar refractivity (Wildman–Crippen MR) is 64.9 cm³/mol. The maximum atomic E-state index is 6.06. The molecule has 0 aliphatic rings. The molecule has 0 saturated carbocycles. The fourth-order valence-electron chi connectivity index (χ4n) is 1.51. The van der Waals surface area contributed by atoms with Crippen LogP contribution >= 0.6 is 11.6 Å². The molecule has 0 unspecified atom stereocenters. The zero-order valence-electron chi connectivity index (χ0n) is 9.44. The molecule has 2 aromatic rings. The lowest BCUT2D eigenvalue weighted by Gasteiger charge is -2.10. The van der Waals surface area contributed by atoms with Crippen LogP contribution in [0.5, 0.6) is 5.75 Å². The molecule has 5 heteroatoms. The van der Waals surface area contributed by atoms with Gasteiger partial charge in [-0.05, 0) is 13.0 Å². The van der Waals surface area contributed by atoms with Gasteiger partial charge in [0.25, 0.3) is 0 Å². The molecule has 0 aliphatic heterocycles. The summed E-state index contributed by atoms with van der Waals surface area (Å²) in [5, 5.41) is 4.39. The maximum Gasteiger partial charge on any atom is 0.142 e. The molecule has 4 nitrogen and oxygen atoms in total. The third kappa shape index (κ3) is 2.78. The van der Waals surface area contributed by atoms with Gasteiger partial charge in [0.15, 0.2) is 0 Å². The molecule has 0 radical (unpaired) electrons. The van der Waals surface area contributed by atoms with Gasteiger partial charge in [0.1, 0.15) is 23.8 Å². The first-order valence-electron chi connectivity index (χ1n) is 5.23. The van der Waals surface area contributed by atoms with Crippen molar-refractivity contribution in [3.8, 4) is 5.75 Å². The number of para-hydroxylation sites is 1. The molecule has 0 bridgehead atoms. The lowest BCUT2D eigenvalue weighted by atomic mass is 10.2. The van der Waals surface area contributed by atoms with Crippen LogP contribution in [0.1, 0.15) is 17.0 Å². The Hall–Kier alpha value is -1.52. The van der Waals surface area contributed by atoms with Crippen LogP contribution in [0, 0.1) is 6.92 Å². The average Bonchev–Trinajstić information content (AvgIpc) is 2.73. The van der Waals surface area contributed by atoms with Gasteiger partial charge < -0.3 is 15.0 Å². The summed E-state index contributed by atoms with van der Waals surface area (Å²) >= 11 is 6.06. The van der Waals surface area contributed by atoms with Gasteiger partial charge in [0.05, 0.1) is 5.02 Å². The van der Waals surface area contributed by atoms with Gasteiger partial charge in [-0.2, -0.15) is 0 Å². The van der Waals surface area contributed by atoms with Crippen molar-refractivity contribution in [2.45, 2.75) is 20.1 Å². The van der Waals surface area contributed by atoms with Crippen LogP contribution in [0.4, 0.5) is 0 Å². The molecule has 1 aromatic carbocycles. The highest BCUT2D eigenvalue weighted by atomic mass is 35.5. The zero-order chi connectivity index (χ0) is 12.3. The minimum Gasteiger partial charge on any atom is -0.485 e. The minimum absolute atomic E-state index is 0.314. The molecule has 17 heavy (non-hydrogen) atoms. The topological polar surface area (TPSA) is 61.3 Å². The maximum absolute atomic E-state index is 6.06. The lowest BCUT2D eigenvalue weighted by Crippen LogP contribution is -2.03. The van der Waals surface area contributed by atoms with Crippen LogP contribution in [0.2, 0.25) is 5.02 Å². The van der Waals surface area contributed by atoms with E-state index < -0.39 is 0 Å². The summed E-state index contributed by atoms with van der Waals surface area (Å²) in [5.74, 6) is 1.36. The van der Waals surface area contributed by atoms with E-state index in [4.69, 9.17) is 26.6 Å². The number of aryl methyl sites for hydroxylation is 1. The first-order valence-corrected chi connectivity index (χ1v) is 5.61. The van der Waals surface area contributed by atoms with Crippen LogP contribution in [0.25, 0.3) is 0 Å². The van der Waals surface area contributed by atoms with E-state index >= 15 is 0 Å². The first-order chi connectivity index (χ1) is 8.20. The van der Waals surface area contributed by atoms with Crippen LogP contribution in [0.15, 0.2) is 28.8 Å². The number of aromatic nitrogens is 1. The quantitative estimate of drug-likeness (QED) is 0.909. The van der Waals surface area contributed by atoms with Gasteiger partial charge in [-0.1, -0.05) is 28.9 Å². The Morgan fingerprint density at radius 3 is 2.94 bits per heavy atom. The monoisotopic (exact) mass is 252 g/mol. The second-order valence-electron chi connectivity index (χ2n) is 3.65. The number of rotatable bonds is 4. The second-order valence-corrected chi connectivity index (χ2v) is 4.06. The Morgan fingerprint density at radius 1 is 1.47 bits per heavy atom. The van der Waals surface area contributed by atoms with E-state index in [9.17, 15) is 0 Å². The van der Waals surface area contributed by atoms with E-state index in [1.54, 1.807) is 6.07 Å². The summed E-state index contributed by atoms with van der Waals surface area (Å²) in [6.45, 7) is 2.53. The van der Waals surface area contributed by atoms with Crippen molar-refractivity contribution in [2.75, 3.05) is 0 Å². The van der Waals surface area contributed by atoms with E-state index in [0.717, 1.165) is 17.0 Å². The fraction of sp³-hybridized carbons (Fsp3) is 0.250. The van der Waals surface area contributed by atoms with Gasteiger partial charge in [0, 0.05) is 18.2 Å². The molecule has 0 spiro atoms. The third-order valence-corrected chi connectivity index (χ3v) is 2.61. The Kier molecular flexibility index (Phi) is 3.66. The molecule has 1 aromatic heterocycles. The Balaban J connectivity index is 2.13. The number of nitrogens with two attached hydrogens (primary N) is 1. The van der Waals surface area contributed by atoms with Gasteiger partial charge in [-0.25, -0.2) is 0 Å². The summed E-state index contributed by atoms with van der Waals surface area (Å²) < 4.78 is 10.6. The second kappa shape index (κ2) is 5.21. The van der Waals surface area contributed by atoms with Gasteiger partial charge in [-0.15, -0.1) is 0 Å². The van der Waals surface area contributed by atoms with Crippen molar-refractivity contribution < 1.29 is 9.26 Å². The zero-order valence-corrected chi connectivity index (χ0v) is 10.2. The molecule has 0 fully saturated rings. The summed E-state index contributed by atoms with van der Waals surface area (Å²) in [4.78, 5) is 0. The molecule has 0 saturated heterocycles. The van der Waals surface area contributed by atoms with E-state index in [0.29, 0.717) is 23.9 Å². The first kappa shape index (κ1) is 12.0. The number of nitrogens with zero attached hydrogens (tertiary/aromatic N) is 1. The van der Waals surface area contributed by atoms with Crippen molar-refractivity contribution in [2.24, 2.45) is 5.73 Å². The SMILES string of the molecule is Cc1cc(COc2c(Cl)cccc2CN)no1. The fourth-order valence-corrected chi connectivity index (χ4v) is 1.76. The largest absolute Gasteiger partial charge is 0.485 e. The molecule has 2 N–H and O–H groups in total. The van der Waals surface area contributed by atoms with Crippen LogP contribution in [0.3, 0.4) is 0 Å². The number of halogens is 1. The minimum atomic E-state index is 0.314. The molecular formula is C12H13ClN2O2. The summed E-state index contributed by atoms with van der Waals surface area (Å²) in [6.07, 6.45) is 0. The van der Waals surface area contributed by atoms with Gasteiger partial charge in [0.2, 0.25) is 0 Å². The Morgan fingerprint density at radius 2 is 2.29 bits per heavy atom. The Bertz CT molecular complexity index is 511. The molecule has 1 heterocycles. The van der Waals surface area contributed by atoms with E-state index in [2.05, 4.69) is 5.16 Å². The molecule has 2 rings (SSSR count). The van der Waals surface area contributed by atoms with Crippen molar-refractivity contribution in [3.05, 3.63) is 46.3 Å². The summed E-state index contributed by atoms with van der Waals surface area (Å²) in [5.41, 5.74) is 7.22. The normalized spacial score (nSPS) is 10.5. The summed E-state index contributed by atoms with van der Waals surface area (Å²) in [6, 6.07) is 7.32. The Labute approximate surface area is 104 Å². The van der Waals surface area contributed by atoms with E-state index in [1.807, 2.05) is 25.1 Å². The van der Waals surface area contributed by atoms with E-state index in [1.165, 1.54) is 0 Å². The average molecular weight is 253 g/mol. The molecular weight excluding hydrogens is 240 g/mol. The standard InChI is InChI=1S/C12H13ClN2O2/c1-8-5-10(15-17-8)7-16-12-9(6-14)3-2-4-11(12)13/h2-5H,6-7,14H2,1H3. The van der Waals surface area contributed by atoms with Crippen molar-refractivity contribution in [3.63, 3.8) is 0 Å². The number of hydrogen-bond donors (Lipinski definition) is 1. The van der Waals surface area contributed by atoms with Crippen LogP contribution in [-0.4, -0.2) is 5.16 Å². The summed E-state index contributed by atoms with van der Waals surface area (Å²) in [7, 11) is 0. The van der Waals surface area contributed by atoms with Crippen LogP contribution < -0.4 is 10.5 Å². The lowest BCUT2D eigenvalue weighted by molar-refractivity contribution is 0.285.